The second kappa shape index (κ2) is 6.82. The SMILES string of the molecule is CCOc1nsnc1Sc1nsnc1C1=CCCN(C)C1. The van der Waals surface area contributed by atoms with Crippen LogP contribution in [0.1, 0.15) is 19.0 Å². The van der Waals surface area contributed by atoms with E-state index in [0.717, 1.165) is 47.0 Å². The van der Waals surface area contributed by atoms with Crippen LogP contribution in [0.4, 0.5) is 0 Å². The largest absolute Gasteiger partial charge is 0.475 e. The van der Waals surface area contributed by atoms with E-state index in [0.29, 0.717) is 12.5 Å². The van der Waals surface area contributed by atoms with Crippen LogP contribution in [0.15, 0.2) is 16.1 Å². The third-order valence-corrected chi connectivity index (χ3v) is 5.22. The Morgan fingerprint density at radius 3 is 2.86 bits per heavy atom. The zero-order chi connectivity index (χ0) is 14.7. The normalized spacial score (nSPS) is 16.0. The summed E-state index contributed by atoms with van der Waals surface area (Å²) in [6, 6.07) is 0. The molecule has 2 aromatic heterocycles. The predicted molar refractivity (Wildman–Crippen MR) is 85.2 cm³/mol. The molecule has 0 unspecified atom stereocenters. The molecule has 0 radical (unpaired) electrons. The number of rotatable bonds is 5. The fourth-order valence-electron chi connectivity index (χ4n) is 2.06. The summed E-state index contributed by atoms with van der Waals surface area (Å²) < 4.78 is 22.8. The first kappa shape index (κ1) is 14.9. The van der Waals surface area contributed by atoms with E-state index in [1.54, 1.807) is 0 Å². The number of likely N-dealkylation sites (N-methyl/N-ethyl adjacent to an activating group) is 1. The van der Waals surface area contributed by atoms with E-state index in [2.05, 4.69) is 35.5 Å². The van der Waals surface area contributed by atoms with E-state index >= 15 is 0 Å². The van der Waals surface area contributed by atoms with Crippen LogP contribution in [-0.4, -0.2) is 49.1 Å². The minimum Gasteiger partial charge on any atom is -0.475 e. The molecule has 1 aliphatic heterocycles. The first-order chi connectivity index (χ1) is 10.3. The Kier molecular flexibility index (Phi) is 4.84. The number of nitrogens with zero attached hydrogens (tertiary/aromatic N) is 5. The lowest BCUT2D eigenvalue weighted by Crippen LogP contribution is -2.25. The van der Waals surface area contributed by atoms with Gasteiger partial charge in [0.1, 0.15) is 10.7 Å². The summed E-state index contributed by atoms with van der Waals surface area (Å²) >= 11 is 3.87. The van der Waals surface area contributed by atoms with Gasteiger partial charge in [0.25, 0.3) is 5.88 Å². The van der Waals surface area contributed by atoms with Gasteiger partial charge in [0.2, 0.25) is 0 Å². The third-order valence-electron chi connectivity index (χ3n) is 3.01. The van der Waals surface area contributed by atoms with Gasteiger partial charge < -0.3 is 9.64 Å². The maximum Gasteiger partial charge on any atom is 0.260 e. The van der Waals surface area contributed by atoms with Crippen LogP contribution < -0.4 is 4.74 Å². The first-order valence-corrected chi connectivity index (χ1v) is 8.89. The van der Waals surface area contributed by atoms with Gasteiger partial charge in [-0.25, -0.2) is 0 Å². The predicted octanol–water partition coefficient (Wildman–Crippen LogP) is 2.66. The van der Waals surface area contributed by atoms with Gasteiger partial charge in [-0.15, -0.1) is 4.37 Å². The molecule has 0 fully saturated rings. The molecule has 6 nitrogen and oxygen atoms in total. The van der Waals surface area contributed by atoms with Crippen molar-refractivity contribution in [1.29, 1.82) is 0 Å². The Labute approximate surface area is 135 Å². The van der Waals surface area contributed by atoms with Crippen LogP contribution in [0.5, 0.6) is 5.88 Å². The quantitative estimate of drug-likeness (QED) is 0.828. The molecule has 112 valence electrons. The second-order valence-electron chi connectivity index (χ2n) is 4.58. The minimum absolute atomic E-state index is 0.580. The molecule has 9 heteroatoms. The summed E-state index contributed by atoms with van der Waals surface area (Å²) in [5.41, 5.74) is 2.20. The fraction of sp³-hybridized carbons (Fsp3) is 0.500. The van der Waals surface area contributed by atoms with Crippen molar-refractivity contribution >= 4 is 40.8 Å². The molecule has 3 rings (SSSR count). The van der Waals surface area contributed by atoms with Crippen LogP contribution in [0.2, 0.25) is 0 Å². The fourth-order valence-corrected chi connectivity index (χ4v) is 4.22. The standard InChI is InChI=1S/C12H15N5OS3/c1-3-18-10-12(16-21-14-10)19-11-9(13-20-15-11)8-5-4-6-17(2)7-8/h5H,3-4,6-7H2,1-2H3. The van der Waals surface area contributed by atoms with Crippen molar-refractivity contribution in [1.82, 2.24) is 22.4 Å². The van der Waals surface area contributed by atoms with Gasteiger partial charge in [0.15, 0.2) is 5.03 Å². The maximum absolute atomic E-state index is 5.48. The van der Waals surface area contributed by atoms with Gasteiger partial charge in [-0.1, -0.05) is 6.08 Å². The summed E-state index contributed by atoms with van der Waals surface area (Å²) in [4.78, 5) is 2.29. The molecular weight excluding hydrogens is 326 g/mol. The Morgan fingerprint density at radius 2 is 2.05 bits per heavy atom. The molecule has 1 aliphatic rings. The summed E-state index contributed by atoms with van der Waals surface area (Å²) in [6.07, 6.45) is 3.31. The molecule has 0 N–H and O–H groups in total. The number of ether oxygens (including phenoxy) is 1. The summed E-state index contributed by atoms with van der Waals surface area (Å²) in [7, 11) is 2.12. The first-order valence-electron chi connectivity index (χ1n) is 6.61. The van der Waals surface area contributed by atoms with E-state index < -0.39 is 0 Å². The molecule has 2 aromatic rings. The lowest BCUT2D eigenvalue weighted by molar-refractivity contribution is 0.321. The highest BCUT2D eigenvalue weighted by molar-refractivity contribution is 7.99. The van der Waals surface area contributed by atoms with Crippen molar-refractivity contribution in [2.75, 3.05) is 26.7 Å². The molecule has 0 spiro atoms. The maximum atomic E-state index is 5.48. The van der Waals surface area contributed by atoms with Gasteiger partial charge >= 0.3 is 0 Å². The van der Waals surface area contributed by atoms with E-state index in [9.17, 15) is 0 Å². The van der Waals surface area contributed by atoms with Crippen molar-refractivity contribution in [3.63, 3.8) is 0 Å². The monoisotopic (exact) mass is 341 g/mol. The zero-order valence-corrected chi connectivity index (χ0v) is 14.2. The van der Waals surface area contributed by atoms with Crippen LogP contribution in [0.25, 0.3) is 5.57 Å². The van der Waals surface area contributed by atoms with Crippen LogP contribution in [-0.2, 0) is 0 Å². The smallest absolute Gasteiger partial charge is 0.260 e. The number of hydrogen-bond acceptors (Lipinski definition) is 9. The Bertz CT molecular complexity index is 638. The second-order valence-corrected chi connectivity index (χ2v) is 6.62. The van der Waals surface area contributed by atoms with Crippen molar-refractivity contribution < 1.29 is 4.74 Å². The van der Waals surface area contributed by atoms with Gasteiger partial charge in [0, 0.05) is 13.1 Å². The van der Waals surface area contributed by atoms with Crippen molar-refractivity contribution in [3.05, 3.63) is 11.8 Å². The number of aromatic nitrogens is 4. The summed E-state index contributed by atoms with van der Waals surface area (Å²) in [5.74, 6) is 0.584. The molecule has 21 heavy (non-hydrogen) atoms. The lowest BCUT2D eigenvalue weighted by atomic mass is 10.1. The van der Waals surface area contributed by atoms with E-state index in [-0.39, 0.29) is 0 Å². The molecule has 0 saturated carbocycles. The van der Waals surface area contributed by atoms with E-state index in [1.807, 2.05) is 6.92 Å². The minimum atomic E-state index is 0.580. The number of hydrogen-bond donors (Lipinski definition) is 0. The highest BCUT2D eigenvalue weighted by atomic mass is 32.2. The molecule has 0 aliphatic carbocycles. The van der Waals surface area contributed by atoms with Crippen LogP contribution in [0, 0.1) is 0 Å². The molecule has 0 amide bonds. The molecule has 0 aromatic carbocycles. The van der Waals surface area contributed by atoms with E-state index in [1.165, 1.54) is 29.1 Å². The average molecular weight is 341 g/mol. The lowest BCUT2D eigenvalue weighted by Gasteiger charge is -2.22. The molecule has 0 atom stereocenters. The van der Waals surface area contributed by atoms with Gasteiger partial charge in [0.05, 0.1) is 30.1 Å². The van der Waals surface area contributed by atoms with E-state index in [4.69, 9.17) is 4.74 Å². The molecule has 0 saturated heterocycles. The average Bonchev–Trinajstić information content (AvgIpc) is 3.10. The topological polar surface area (TPSA) is 64.0 Å². The van der Waals surface area contributed by atoms with Crippen LogP contribution >= 0.6 is 35.2 Å². The van der Waals surface area contributed by atoms with Crippen molar-refractivity contribution in [3.8, 4) is 5.88 Å². The van der Waals surface area contributed by atoms with Gasteiger partial charge in [-0.3, -0.25) is 0 Å². The Morgan fingerprint density at radius 1 is 1.24 bits per heavy atom. The van der Waals surface area contributed by atoms with Crippen molar-refractivity contribution in [2.45, 2.75) is 23.4 Å². The molecule has 3 heterocycles. The highest BCUT2D eigenvalue weighted by Gasteiger charge is 2.20. The summed E-state index contributed by atoms with van der Waals surface area (Å²) in [6.45, 7) is 4.52. The molecular formula is C12H15N5OS3. The Balaban J connectivity index is 1.82. The van der Waals surface area contributed by atoms with Crippen molar-refractivity contribution in [2.24, 2.45) is 0 Å². The summed E-state index contributed by atoms with van der Waals surface area (Å²) in [5, 5.41) is 1.65. The third kappa shape index (κ3) is 3.42. The molecule has 0 bridgehead atoms. The zero-order valence-electron chi connectivity index (χ0n) is 11.8. The highest BCUT2D eigenvalue weighted by Crippen LogP contribution is 2.36. The van der Waals surface area contributed by atoms with Gasteiger partial charge in [-0.2, -0.15) is 13.1 Å². The van der Waals surface area contributed by atoms with Crippen LogP contribution in [0.3, 0.4) is 0 Å². The van der Waals surface area contributed by atoms with Gasteiger partial charge in [-0.05, 0) is 37.7 Å². The Hall–Kier alpha value is -1.03.